The first-order valence-corrected chi connectivity index (χ1v) is 9.58. The van der Waals surface area contributed by atoms with E-state index in [0.717, 1.165) is 16.7 Å². The lowest BCUT2D eigenvalue weighted by Crippen LogP contribution is -2.10. The number of para-hydroxylation sites is 3. The topological polar surface area (TPSA) is 106 Å². The molecule has 0 aliphatic heterocycles. The van der Waals surface area contributed by atoms with Crippen LogP contribution in [0, 0.1) is 0 Å². The Morgan fingerprint density at radius 1 is 0.967 bits per heavy atom. The molecule has 3 heterocycles. The standard InChI is InChI=1S/C21H20N8O/c1-28-16-10-6-5-9-15(16)24-21(28)27-20-25-18(22-11-12-30)17-19(26-20)29(13-23-17)14-7-3-2-4-8-14/h2-10,13,30H,11-12H2,1H3,(H2,22,24,25,26,27). The SMILES string of the molecule is Cn1c(Nc2nc(NCCO)c3ncn(-c4ccccc4)c3n2)nc2ccccc21. The fourth-order valence-corrected chi connectivity index (χ4v) is 3.39. The Labute approximate surface area is 172 Å². The molecule has 0 amide bonds. The molecule has 2 aromatic carbocycles. The number of hydrogen-bond acceptors (Lipinski definition) is 7. The van der Waals surface area contributed by atoms with Gasteiger partial charge in [0.1, 0.15) is 6.33 Å². The summed E-state index contributed by atoms with van der Waals surface area (Å²) >= 11 is 0. The Kier molecular flexibility index (Phi) is 4.49. The van der Waals surface area contributed by atoms with Crippen LogP contribution in [0.15, 0.2) is 60.9 Å². The summed E-state index contributed by atoms with van der Waals surface area (Å²) in [4.78, 5) is 18.4. The Morgan fingerprint density at radius 3 is 2.57 bits per heavy atom. The number of benzene rings is 2. The Bertz CT molecular complexity index is 1330. The van der Waals surface area contributed by atoms with Crippen molar-refractivity contribution in [2.24, 2.45) is 7.05 Å². The van der Waals surface area contributed by atoms with Gasteiger partial charge < -0.3 is 15.0 Å². The third-order valence-electron chi connectivity index (χ3n) is 4.85. The molecule has 3 aromatic heterocycles. The molecule has 30 heavy (non-hydrogen) atoms. The number of nitrogens with one attached hydrogen (secondary N) is 2. The largest absolute Gasteiger partial charge is 0.395 e. The second kappa shape index (κ2) is 7.45. The van der Waals surface area contributed by atoms with Crippen LogP contribution in [0.3, 0.4) is 0 Å². The first kappa shape index (κ1) is 18.1. The molecular weight excluding hydrogens is 380 g/mol. The molecule has 9 heteroatoms. The molecule has 0 saturated heterocycles. The van der Waals surface area contributed by atoms with Gasteiger partial charge in [0.25, 0.3) is 0 Å². The van der Waals surface area contributed by atoms with Crippen LogP contribution >= 0.6 is 0 Å². The number of hydrogen-bond donors (Lipinski definition) is 3. The van der Waals surface area contributed by atoms with Crippen LogP contribution in [-0.2, 0) is 7.05 Å². The van der Waals surface area contributed by atoms with Gasteiger partial charge in [-0.15, -0.1) is 0 Å². The van der Waals surface area contributed by atoms with Gasteiger partial charge >= 0.3 is 0 Å². The van der Waals surface area contributed by atoms with E-state index in [0.29, 0.717) is 35.4 Å². The summed E-state index contributed by atoms with van der Waals surface area (Å²) in [5, 5.41) is 15.6. The second-order valence-corrected chi connectivity index (χ2v) is 6.78. The highest BCUT2D eigenvalue weighted by Gasteiger charge is 2.16. The summed E-state index contributed by atoms with van der Waals surface area (Å²) in [5.41, 5.74) is 4.12. The zero-order chi connectivity index (χ0) is 20.5. The molecule has 0 aliphatic rings. The number of imidazole rings is 2. The molecule has 0 unspecified atom stereocenters. The van der Waals surface area contributed by atoms with Gasteiger partial charge in [0.05, 0.1) is 17.6 Å². The molecule has 0 saturated carbocycles. The maximum atomic E-state index is 9.24. The molecule has 0 aliphatic carbocycles. The van der Waals surface area contributed by atoms with E-state index >= 15 is 0 Å². The summed E-state index contributed by atoms with van der Waals surface area (Å²) in [6, 6.07) is 17.8. The van der Waals surface area contributed by atoms with Crippen LogP contribution in [0.1, 0.15) is 0 Å². The van der Waals surface area contributed by atoms with Gasteiger partial charge in [0.2, 0.25) is 11.9 Å². The molecule has 0 spiro atoms. The van der Waals surface area contributed by atoms with Gasteiger partial charge in [-0.25, -0.2) is 9.97 Å². The van der Waals surface area contributed by atoms with E-state index in [4.69, 9.17) is 4.98 Å². The normalized spacial score (nSPS) is 11.3. The minimum absolute atomic E-state index is 0.0155. The van der Waals surface area contributed by atoms with Crippen molar-refractivity contribution in [3.8, 4) is 5.69 Å². The highest BCUT2D eigenvalue weighted by molar-refractivity contribution is 5.86. The lowest BCUT2D eigenvalue weighted by atomic mass is 10.3. The Morgan fingerprint density at radius 2 is 1.77 bits per heavy atom. The van der Waals surface area contributed by atoms with Gasteiger partial charge in [0.15, 0.2) is 17.0 Å². The highest BCUT2D eigenvalue weighted by Crippen LogP contribution is 2.26. The van der Waals surface area contributed by atoms with Crippen molar-refractivity contribution in [3.05, 3.63) is 60.9 Å². The maximum Gasteiger partial charge on any atom is 0.233 e. The number of nitrogens with zero attached hydrogens (tertiary/aromatic N) is 6. The van der Waals surface area contributed by atoms with E-state index in [1.165, 1.54) is 0 Å². The highest BCUT2D eigenvalue weighted by atomic mass is 16.3. The molecule has 0 atom stereocenters. The van der Waals surface area contributed by atoms with Crippen LogP contribution < -0.4 is 10.6 Å². The number of fused-ring (bicyclic) bond motifs is 2. The number of aryl methyl sites for hydroxylation is 1. The van der Waals surface area contributed by atoms with Gasteiger partial charge in [-0.1, -0.05) is 30.3 Å². The fraction of sp³-hybridized carbons (Fsp3) is 0.143. The molecule has 5 aromatic rings. The molecule has 0 radical (unpaired) electrons. The minimum Gasteiger partial charge on any atom is -0.395 e. The second-order valence-electron chi connectivity index (χ2n) is 6.78. The maximum absolute atomic E-state index is 9.24. The van der Waals surface area contributed by atoms with Gasteiger partial charge in [-0.05, 0) is 24.3 Å². The van der Waals surface area contributed by atoms with Crippen LogP contribution in [0.25, 0.3) is 27.9 Å². The summed E-state index contributed by atoms with van der Waals surface area (Å²) < 4.78 is 3.86. The third-order valence-corrected chi connectivity index (χ3v) is 4.85. The predicted molar refractivity (Wildman–Crippen MR) is 116 cm³/mol. The zero-order valence-electron chi connectivity index (χ0n) is 16.3. The van der Waals surface area contributed by atoms with E-state index in [1.807, 2.05) is 70.8 Å². The van der Waals surface area contributed by atoms with Crippen LogP contribution in [0.4, 0.5) is 17.7 Å². The first-order chi connectivity index (χ1) is 14.7. The van der Waals surface area contributed by atoms with E-state index in [-0.39, 0.29) is 6.61 Å². The van der Waals surface area contributed by atoms with Crippen molar-refractivity contribution in [2.75, 3.05) is 23.8 Å². The van der Waals surface area contributed by atoms with Crippen molar-refractivity contribution in [1.29, 1.82) is 0 Å². The monoisotopic (exact) mass is 400 g/mol. The Balaban J connectivity index is 1.62. The molecule has 9 nitrogen and oxygen atoms in total. The summed E-state index contributed by atoms with van der Waals surface area (Å²) in [7, 11) is 1.94. The smallest absolute Gasteiger partial charge is 0.233 e. The minimum atomic E-state index is -0.0155. The summed E-state index contributed by atoms with van der Waals surface area (Å²) in [6.45, 7) is 0.342. The summed E-state index contributed by atoms with van der Waals surface area (Å²) in [5.74, 6) is 1.57. The predicted octanol–water partition coefficient (Wildman–Crippen LogP) is 2.85. The van der Waals surface area contributed by atoms with E-state index in [1.54, 1.807) is 6.33 Å². The van der Waals surface area contributed by atoms with Gasteiger partial charge in [-0.3, -0.25) is 9.88 Å². The van der Waals surface area contributed by atoms with Gasteiger partial charge in [-0.2, -0.15) is 9.97 Å². The van der Waals surface area contributed by atoms with Crippen LogP contribution in [0.2, 0.25) is 0 Å². The average molecular weight is 400 g/mol. The third kappa shape index (κ3) is 3.11. The van der Waals surface area contributed by atoms with E-state index in [2.05, 4.69) is 25.6 Å². The van der Waals surface area contributed by atoms with E-state index in [9.17, 15) is 5.11 Å². The quantitative estimate of drug-likeness (QED) is 0.402. The average Bonchev–Trinajstić information content (AvgIpc) is 3.34. The van der Waals surface area contributed by atoms with Crippen molar-refractivity contribution in [3.63, 3.8) is 0 Å². The first-order valence-electron chi connectivity index (χ1n) is 9.58. The number of aliphatic hydroxyl groups excluding tert-OH is 1. The molecule has 0 bridgehead atoms. The van der Waals surface area contributed by atoms with Gasteiger partial charge in [0, 0.05) is 19.3 Å². The molecule has 150 valence electrons. The number of anilines is 3. The van der Waals surface area contributed by atoms with Crippen molar-refractivity contribution < 1.29 is 5.11 Å². The van der Waals surface area contributed by atoms with Crippen LogP contribution in [0.5, 0.6) is 0 Å². The number of aliphatic hydroxyl groups is 1. The van der Waals surface area contributed by atoms with Crippen molar-refractivity contribution in [2.45, 2.75) is 0 Å². The number of aromatic nitrogens is 6. The van der Waals surface area contributed by atoms with Crippen molar-refractivity contribution in [1.82, 2.24) is 29.1 Å². The molecule has 0 fully saturated rings. The van der Waals surface area contributed by atoms with E-state index < -0.39 is 0 Å². The molecular formula is C21H20N8O. The molecule has 3 N–H and O–H groups in total. The summed E-state index contributed by atoms with van der Waals surface area (Å²) in [6.07, 6.45) is 1.72. The van der Waals surface area contributed by atoms with Crippen molar-refractivity contribution >= 4 is 39.9 Å². The van der Waals surface area contributed by atoms with Crippen LogP contribution in [-0.4, -0.2) is 47.3 Å². The number of rotatable bonds is 6. The molecule has 5 rings (SSSR count). The lowest BCUT2D eigenvalue weighted by molar-refractivity contribution is 0.311. The lowest BCUT2D eigenvalue weighted by Gasteiger charge is -2.10. The fourth-order valence-electron chi connectivity index (χ4n) is 3.39. The Hall–Kier alpha value is -3.98. The zero-order valence-corrected chi connectivity index (χ0v) is 16.3.